The van der Waals surface area contributed by atoms with Gasteiger partial charge in [0.25, 0.3) is 5.56 Å². The predicted molar refractivity (Wildman–Crippen MR) is 95.8 cm³/mol. The molecule has 1 aromatic heterocycles. The number of carbonyl (C=O) groups excluding carboxylic acids is 1. The van der Waals surface area contributed by atoms with Gasteiger partial charge in [0.05, 0.1) is 4.90 Å². The minimum atomic E-state index is -3.65. The van der Waals surface area contributed by atoms with Crippen molar-refractivity contribution in [1.82, 2.24) is 14.2 Å². The second kappa shape index (κ2) is 8.62. The molecule has 0 saturated carbocycles. The highest BCUT2D eigenvalue weighted by Crippen LogP contribution is 2.19. The summed E-state index contributed by atoms with van der Waals surface area (Å²) in [6.45, 7) is 4.63. The summed E-state index contributed by atoms with van der Waals surface area (Å²) in [5.74, 6) is -0.305. The molecule has 140 valence electrons. The van der Waals surface area contributed by atoms with E-state index in [9.17, 15) is 18.0 Å². The fourth-order valence-electron chi connectivity index (χ4n) is 2.79. The van der Waals surface area contributed by atoms with Crippen LogP contribution in [0.3, 0.4) is 0 Å². The van der Waals surface area contributed by atoms with Crippen LogP contribution in [0.25, 0.3) is 0 Å². The standard InChI is InChI=1S/C17H27N3O4S/c1-3-14(2)18-16(21)13-19-12-15(8-9-17(19)22)25(23,24)20-10-6-4-5-7-11-20/h8-9,12,14H,3-7,10-11,13H2,1-2H3,(H,18,21)/t14-/m1/s1. The number of hydrogen-bond acceptors (Lipinski definition) is 4. The van der Waals surface area contributed by atoms with Crippen molar-refractivity contribution < 1.29 is 13.2 Å². The molecule has 0 aromatic carbocycles. The van der Waals surface area contributed by atoms with Gasteiger partial charge in [-0.25, -0.2) is 8.42 Å². The lowest BCUT2D eigenvalue weighted by Crippen LogP contribution is -2.37. The van der Waals surface area contributed by atoms with E-state index in [1.807, 2.05) is 13.8 Å². The SMILES string of the molecule is CC[C@@H](C)NC(=O)Cn1cc(S(=O)(=O)N2CCCCCC2)ccc1=O. The van der Waals surface area contributed by atoms with Crippen molar-refractivity contribution in [3.63, 3.8) is 0 Å². The number of carbonyl (C=O) groups is 1. The van der Waals surface area contributed by atoms with Crippen LogP contribution >= 0.6 is 0 Å². The van der Waals surface area contributed by atoms with Gasteiger partial charge >= 0.3 is 0 Å². The lowest BCUT2D eigenvalue weighted by Gasteiger charge is -2.20. The fourth-order valence-corrected chi connectivity index (χ4v) is 4.33. The van der Waals surface area contributed by atoms with Crippen LogP contribution in [-0.2, 0) is 21.4 Å². The maximum absolute atomic E-state index is 12.8. The molecular weight excluding hydrogens is 342 g/mol. The van der Waals surface area contributed by atoms with Crippen molar-refractivity contribution >= 4 is 15.9 Å². The average Bonchev–Trinajstić information content (AvgIpc) is 2.86. The van der Waals surface area contributed by atoms with E-state index in [1.54, 1.807) is 0 Å². The Morgan fingerprint density at radius 3 is 2.44 bits per heavy atom. The van der Waals surface area contributed by atoms with E-state index in [2.05, 4.69) is 5.32 Å². The Bertz CT molecular complexity index is 749. The third-order valence-corrected chi connectivity index (χ3v) is 6.38. The van der Waals surface area contributed by atoms with Gasteiger partial charge in [-0.1, -0.05) is 19.8 Å². The van der Waals surface area contributed by atoms with Gasteiger partial charge in [0.2, 0.25) is 15.9 Å². The Kier molecular flexibility index (Phi) is 6.78. The molecule has 0 radical (unpaired) electrons. The molecular formula is C17H27N3O4S. The van der Waals surface area contributed by atoms with E-state index in [0.717, 1.165) is 36.7 Å². The summed E-state index contributed by atoms with van der Waals surface area (Å²) in [7, 11) is -3.65. The summed E-state index contributed by atoms with van der Waals surface area (Å²) in [5.41, 5.74) is -0.394. The zero-order chi connectivity index (χ0) is 18.4. The van der Waals surface area contributed by atoms with Crippen LogP contribution in [0.4, 0.5) is 0 Å². The molecule has 8 heteroatoms. The van der Waals surface area contributed by atoms with Gasteiger partial charge in [0.15, 0.2) is 0 Å². The molecule has 1 aliphatic rings. The molecule has 0 spiro atoms. The molecule has 1 aliphatic heterocycles. The Labute approximate surface area is 149 Å². The molecule has 25 heavy (non-hydrogen) atoms. The molecule has 1 aromatic rings. The van der Waals surface area contributed by atoms with Gasteiger partial charge in [-0.05, 0) is 32.3 Å². The number of nitrogens with one attached hydrogen (secondary N) is 1. The van der Waals surface area contributed by atoms with E-state index < -0.39 is 15.6 Å². The highest BCUT2D eigenvalue weighted by Gasteiger charge is 2.26. The van der Waals surface area contributed by atoms with E-state index in [0.29, 0.717) is 13.1 Å². The fraction of sp³-hybridized carbons (Fsp3) is 0.647. The third kappa shape index (κ3) is 5.15. The van der Waals surface area contributed by atoms with Crippen LogP contribution in [0.2, 0.25) is 0 Å². The van der Waals surface area contributed by atoms with Crippen molar-refractivity contribution in [3.05, 3.63) is 28.7 Å². The van der Waals surface area contributed by atoms with Crippen molar-refractivity contribution in [1.29, 1.82) is 0 Å². The lowest BCUT2D eigenvalue weighted by molar-refractivity contribution is -0.122. The molecule has 0 unspecified atom stereocenters. The average molecular weight is 369 g/mol. The number of nitrogens with zero attached hydrogens (tertiary/aromatic N) is 2. The molecule has 7 nitrogen and oxygen atoms in total. The molecule has 0 bridgehead atoms. The summed E-state index contributed by atoms with van der Waals surface area (Å²) in [6, 6.07) is 2.54. The van der Waals surface area contributed by atoms with Crippen molar-refractivity contribution in [3.8, 4) is 0 Å². The van der Waals surface area contributed by atoms with Crippen LogP contribution < -0.4 is 10.9 Å². The summed E-state index contributed by atoms with van der Waals surface area (Å²) >= 11 is 0. The van der Waals surface area contributed by atoms with Crippen LogP contribution in [0.1, 0.15) is 46.0 Å². The Morgan fingerprint density at radius 2 is 1.84 bits per heavy atom. The van der Waals surface area contributed by atoms with Gasteiger partial charge in [-0.3, -0.25) is 9.59 Å². The number of aromatic nitrogens is 1. The van der Waals surface area contributed by atoms with Crippen LogP contribution in [-0.4, -0.2) is 42.3 Å². The first-order valence-corrected chi connectivity index (χ1v) is 10.3. The predicted octanol–water partition coefficient (Wildman–Crippen LogP) is 1.33. The molecule has 1 fully saturated rings. The highest BCUT2D eigenvalue weighted by atomic mass is 32.2. The van der Waals surface area contributed by atoms with Crippen LogP contribution in [0, 0.1) is 0 Å². The molecule has 2 heterocycles. The Hall–Kier alpha value is -1.67. The zero-order valence-electron chi connectivity index (χ0n) is 14.9. The second-order valence-corrected chi connectivity index (χ2v) is 8.46. The summed E-state index contributed by atoms with van der Waals surface area (Å²) < 4.78 is 28.3. The highest BCUT2D eigenvalue weighted by molar-refractivity contribution is 7.89. The zero-order valence-corrected chi connectivity index (χ0v) is 15.7. The van der Waals surface area contributed by atoms with Crippen molar-refractivity contribution in [2.45, 2.75) is 63.4 Å². The first-order chi connectivity index (χ1) is 11.8. The van der Waals surface area contributed by atoms with Gasteiger partial charge in [-0.15, -0.1) is 0 Å². The smallest absolute Gasteiger partial charge is 0.251 e. The number of sulfonamides is 1. The Morgan fingerprint density at radius 1 is 1.20 bits per heavy atom. The minimum absolute atomic E-state index is 0.00668. The van der Waals surface area contributed by atoms with E-state index in [1.165, 1.54) is 22.6 Å². The van der Waals surface area contributed by atoms with E-state index in [-0.39, 0.29) is 23.4 Å². The monoisotopic (exact) mass is 369 g/mol. The molecule has 1 amide bonds. The van der Waals surface area contributed by atoms with Crippen LogP contribution in [0.5, 0.6) is 0 Å². The normalized spacial score (nSPS) is 17.7. The first-order valence-electron chi connectivity index (χ1n) is 8.84. The molecule has 2 rings (SSSR count). The number of hydrogen-bond donors (Lipinski definition) is 1. The first kappa shape index (κ1) is 19.7. The van der Waals surface area contributed by atoms with Gasteiger partial charge < -0.3 is 9.88 Å². The lowest BCUT2D eigenvalue weighted by atomic mass is 10.2. The van der Waals surface area contributed by atoms with Gasteiger partial charge in [-0.2, -0.15) is 4.31 Å². The van der Waals surface area contributed by atoms with Gasteiger partial charge in [0.1, 0.15) is 6.54 Å². The quantitative estimate of drug-likeness (QED) is 0.819. The molecule has 1 saturated heterocycles. The van der Waals surface area contributed by atoms with Crippen molar-refractivity contribution in [2.24, 2.45) is 0 Å². The maximum atomic E-state index is 12.8. The number of amides is 1. The molecule has 1 atom stereocenters. The maximum Gasteiger partial charge on any atom is 0.251 e. The van der Waals surface area contributed by atoms with Gasteiger partial charge in [0, 0.05) is 31.4 Å². The Balaban J connectivity index is 2.22. The largest absolute Gasteiger partial charge is 0.352 e. The van der Waals surface area contributed by atoms with Crippen molar-refractivity contribution in [2.75, 3.05) is 13.1 Å². The molecule has 0 aliphatic carbocycles. The number of rotatable bonds is 6. The molecule has 1 N–H and O–H groups in total. The van der Waals surface area contributed by atoms with E-state index >= 15 is 0 Å². The summed E-state index contributed by atoms with van der Waals surface area (Å²) in [6.07, 6.45) is 5.80. The second-order valence-electron chi connectivity index (χ2n) is 6.53. The summed E-state index contributed by atoms with van der Waals surface area (Å²) in [5, 5.41) is 2.78. The number of pyridine rings is 1. The minimum Gasteiger partial charge on any atom is -0.352 e. The third-order valence-electron chi connectivity index (χ3n) is 4.49. The van der Waals surface area contributed by atoms with Crippen LogP contribution in [0.15, 0.2) is 28.0 Å². The van der Waals surface area contributed by atoms with E-state index in [4.69, 9.17) is 0 Å². The topological polar surface area (TPSA) is 88.5 Å². The summed E-state index contributed by atoms with van der Waals surface area (Å²) in [4.78, 5) is 24.1.